The summed E-state index contributed by atoms with van der Waals surface area (Å²) in [5.74, 6) is -0.0200. The van der Waals surface area contributed by atoms with Gasteiger partial charge in [0, 0.05) is 6.21 Å². The highest BCUT2D eigenvalue weighted by molar-refractivity contribution is 7.17. The fourth-order valence-corrected chi connectivity index (χ4v) is 2.59. The Labute approximate surface area is 112 Å². The van der Waals surface area contributed by atoms with E-state index in [1.54, 1.807) is 6.07 Å². The number of benzene rings is 1. The zero-order chi connectivity index (χ0) is 13.2. The van der Waals surface area contributed by atoms with E-state index < -0.39 is 0 Å². The van der Waals surface area contributed by atoms with Gasteiger partial charge in [0.05, 0.1) is 15.9 Å². The largest absolute Gasteiger partial charge is 0.505 e. The molecule has 0 aliphatic carbocycles. The SMILES string of the molecule is O=c1[nH]c2ccsc2c(O)c1C=Nc1ccccc1. The van der Waals surface area contributed by atoms with Crippen LogP contribution in [-0.4, -0.2) is 16.3 Å². The number of para-hydroxylation sites is 1. The summed E-state index contributed by atoms with van der Waals surface area (Å²) in [5, 5.41) is 11.9. The molecule has 94 valence electrons. The van der Waals surface area contributed by atoms with Crippen molar-refractivity contribution in [1.29, 1.82) is 0 Å². The van der Waals surface area contributed by atoms with Gasteiger partial charge in [-0.3, -0.25) is 9.79 Å². The number of H-pyrrole nitrogens is 1. The van der Waals surface area contributed by atoms with Gasteiger partial charge in [0.15, 0.2) is 0 Å². The zero-order valence-electron chi connectivity index (χ0n) is 9.83. The molecule has 2 aromatic heterocycles. The van der Waals surface area contributed by atoms with Crippen LogP contribution in [0.2, 0.25) is 0 Å². The molecule has 0 aliphatic rings. The number of hydrogen-bond acceptors (Lipinski definition) is 4. The number of nitrogens with one attached hydrogen (secondary N) is 1. The molecule has 0 unspecified atom stereocenters. The van der Waals surface area contributed by atoms with Crippen LogP contribution in [0.4, 0.5) is 5.69 Å². The Morgan fingerprint density at radius 1 is 1.21 bits per heavy atom. The lowest BCUT2D eigenvalue weighted by atomic mass is 10.2. The van der Waals surface area contributed by atoms with Crippen molar-refractivity contribution in [3.63, 3.8) is 0 Å². The number of hydrogen-bond donors (Lipinski definition) is 2. The molecule has 1 aromatic carbocycles. The van der Waals surface area contributed by atoms with Gasteiger partial charge in [0.1, 0.15) is 11.3 Å². The maximum absolute atomic E-state index is 11.9. The van der Waals surface area contributed by atoms with Gasteiger partial charge in [0.2, 0.25) is 0 Å². The predicted octanol–water partition coefficient (Wildman–Crippen LogP) is 3.05. The smallest absolute Gasteiger partial charge is 0.261 e. The number of aromatic hydroxyl groups is 1. The molecule has 0 aliphatic heterocycles. The first-order valence-corrected chi connectivity index (χ1v) is 6.55. The molecule has 2 N–H and O–H groups in total. The van der Waals surface area contributed by atoms with E-state index in [9.17, 15) is 9.90 Å². The molecular formula is C14H10N2O2S. The molecule has 5 heteroatoms. The fourth-order valence-electron chi connectivity index (χ4n) is 1.78. The summed E-state index contributed by atoms with van der Waals surface area (Å²) < 4.78 is 0.661. The molecule has 3 aromatic rings. The average Bonchev–Trinajstić information content (AvgIpc) is 2.88. The quantitative estimate of drug-likeness (QED) is 0.703. The normalized spacial score (nSPS) is 11.4. The van der Waals surface area contributed by atoms with Crippen LogP contribution < -0.4 is 5.56 Å². The number of pyridine rings is 1. The molecule has 0 bridgehead atoms. The van der Waals surface area contributed by atoms with Crippen molar-refractivity contribution >= 4 is 33.5 Å². The van der Waals surface area contributed by atoms with Gasteiger partial charge in [-0.25, -0.2) is 0 Å². The van der Waals surface area contributed by atoms with Gasteiger partial charge in [-0.2, -0.15) is 0 Å². The first-order chi connectivity index (χ1) is 9.25. The summed E-state index contributed by atoms with van der Waals surface area (Å²) in [5.41, 5.74) is 1.21. The second-order valence-corrected chi connectivity index (χ2v) is 4.89. The lowest BCUT2D eigenvalue weighted by Gasteiger charge is -1.99. The second kappa shape index (κ2) is 4.70. The molecule has 0 saturated carbocycles. The number of nitrogens with zero attached hydrogens (tertiary/aromatic N) is 1. The number of aliphatic imine (C=N–C) groups is 1. The highest BCUT2D eigenvalue weighted by Gasteiger charge is 2.10. The van der Waals surface area contributed by atoms with Crippen LogP contribution in [0, 0.1) is 0 Å². The third-order valence-corrected chi connectivity index (χ3v) is 3.65. The minimum Gasteiger partial charge on any atom is -0.505 e. The second-order valence-electron chi connectivity index (χ2n) is 3.97. The van der Waals surface area contributed by atoms with Crippen molar-refractivity contribution < 1.29 is 5.11 Å². The van der Waals surface area contributed by atoms with Crippen LogP contribution in [0.3, 0.4) is 0 Å². The van der Waals surface area contributed by atoms with Crippen molar-refractivity contribution in [2.24, 2.45) is 4.99 Å². The van der Waals surface area contributed by atoms with Gasteiger partial charge in [-0.05, 0) is 23.6 Å². The summed E-state index contributed by atoms with van der Waals surface area (Å²) in [6.45, 7) is 0. The van der Waals surface area contributed by atoms with E-state index in [1.807, 2.05) is 35.7 Å². The van der Waals surface area contributed by atoms with Crippen LogP contribution in [-0.2, 0) is 0 Å². The van der Waals surface area contributed by atoms with Crippen LogP contribution in [0.1, 0.15) is 5.56 Å². The highest BCUT2D eigenvalue weighted by atomic mass is 32.1. The molecule has 0 radical (unpaired) electrons. The van der Waals surface area contributed by atoms with Crippen molar-refractivity contribution in [3.05, 3.63) is 57.7 Å². The molecule has 0 fully saturated rings. The molecule has 3 rings (SSSR count). The molecule has 2 heterocycles. The lowest BCUT2D eigenvalue weighted by Crippen LogP contribution is -2.11. The Morgan fingerprint density at radius 2 is 2.00 bits per heavy atom. The maximum Gasteiger partial charge on any atom is 0.261 e. The van der Waals surface area contributed by atoms with Crippen LogP contribution in [0.5, 0.6) is 5.75 Å². The molecular weight excluding hydrogens is 260 g/mol. The first kappa shape index (κ1) is 11.7. The summed E-state index contributed by atoms with van der Waals surface area (Å²) in [6.07, 6.45) is 1.39. The van der Waals surface area contributed by atoms with Gasteiger partial charge >= 0.3 is 0 Å². The van der Waals surface area contributed by atoms with Gasteiger partial charge in [0.25, 0.3) is 5.56 Å². The van der Waals surface area contributed by atoms with E-state index in [4.69, 9.17) is 0 Å². The molecule has 0 amide bonds. The van der Waals surface area contributed by atoms with Gasteiger partial charge in [-0.15, -0.1) is 11.3 Å². The van der Waals surface area contributed by atoms with Crippen molar-refractivity contribution in [2.45, 2.75) is 0 Å². The van der Waals surface area contributed by atoms with Crippen LogP contribution in [0.15, 0.2) is 51.6 Å². The van der Waals surface area contributed by atoms with Crippen LogP contribution in [0.25, 0.3) is 10.2 Å². The van der Waals surface area contributed by atoms with E-state index in [0.717, 1.165) is 5.69 Å². The topological polar surface area (TPSA) is 65.5 Å². The fraction of sp³-hybridized carbons (Fsp3) is 0. The Morgan fingerprint density at radius 3 is 2.79 bits per heavy atom. The zero-order valence-corrected chi connectivity index (χ0v) is 10.6. The molecule has 0 atom stereocenters. The highest BCUT2D eigenvalue weighted by Crippen LogP contribution is 2.28. The Bertz CT molecular complexity index is 803. The van der Waals surface area contributed by atoms with E-state index in [-0.39, 0.29) is 16.9 Å². The summed E-state index contributed by atoms with van der Waals surface area (Å²) in [7, 11) is 0. The Hall–Kier alpha value is -2.40. The third kappa shape index (κ3) is 2.15. The summed E-state index contributed by atoms with van der Waals surface area (Å²) in [4.78, 5) is 18.8. The number of rotatable bonds is 2. The van der Waals surface area contributed by atoms with Gasteiger partial charge in [-0.1, -0.05) is 18.2 Å². The maximum atomic E-state index is 11.9. The third-order valence-electron chi connectivity index (χ3n) is 2.73. The minimum atomic E-state index is -0.344. The van der Waals surface area contributed by atoms with E-state index in [0.29, 0.717) is 10.2 Å². The Kier molecular flexibility index (Phi) is 2.89. The summed E-state index contributed by atoms with van der Waals surface area (Å²) >= 11 is 1.38. The number of fused-ring (bicyclic) bond motifs is 1. The van der Waals surface area contributed by atoms with Crippen molar-refractivity contribution in [1.82, 2.24) is 4.98 Å². The first-order valence-electron chi connectivity index (χ1n) is 5.67. The monoisotopic (exact) mass is 270 g/mol. The number of aromatic amines is 1. The Balaban J connectivity index is 2.10. The minimum absolute atomic E-state index is 0.0200. The average molecular weight is 270 g/mol. The lowest BCUT2D eigenvalue weighted by molar-refractivity contribution is 0.480. The predicted molar refractivity (Wildman–Crippen MR) is 77.8 cm³/mol. The van der Waals surface area contributed by atoms with Gasteiger partial charge < -0.3 is 10.1 Å². The van der Waals surface area contributed by atoms with E-state index in [1.165, 1.54) is 17.6 Å². The summed E-state index contributed by atoms with van der Waals surface area (Å²) in [6, 6.07) is 11.0. The van der Waals surface area contributed by atoms with Crippen molar-refractivity contribution in [2.75, 3.05) is 0 Å². The molecule has 4 nitrogen and oxygen atoms in total. The molecule has 19 heavy (non-hydrogen) atoms. The molecule has 0 spiro atoms. The van der Waals surface area contributed by atoms with E-state index >= 15 is 0 Å². The van der Waals surface area contributed by atoms with Crippen LogP contribution >= 0.6 is 11.3 Å². The number of aromatic nitrogens is 1. The van der Waals surface area contributed by atoms with Crippen molar-refractivity contribution in [3.8, 4) is 5.75 Å². The van der Waals surface area contributed by atoms with E-state index in [2.05, 4.69) is 9.98 Å². The number of thiophene rings is 1. The standard InChI is InChI=1S/C14H10N2O2S/c17-12-10(8-15-9-4-2-1-3-5-9)14(18)16-11-6-7-19-13(11)12/h1-8H,(H2,16,17,18). The molecule has 0 saturated heterocycles.